The Labute approximate surface area is 121 Å². The van der Waals surface area contributed by atoms with E-state index in [4.69, 9.17) is 14.6 Å². The summed E-state index contributed by atoms with van der Waals surface area (Å²) in [7, 11) is 0. The van der Waals surface area contributed by atoms with Gasteiger partial charge in [0.05, 0.1) is 5.56 Å². The molecule has 21 heavy (non-hydrogen) atoms. The molecule has 0 spiro atoms. The number of carbonyl (C=O) groups excluding carboxylic acids is 1. The van der Waals surface area contributed by atoms with Crippen molar-refractivity contribution in [3.63, 3.8) is 0 Å². The molecule has 5 heteroatoms. The summed E-state index contributed by atoms with van der Waals surface area (Å²) in [6.45, 7) is 0.684. The van der Waals surface area contributed by atoms with Gasteiger partial charge in [-0.3, -0.25) is 4.79 Å². The molecule has 108 valence electrons. The first-order valence-electron chi connectivity index (χ1n) is 6.33. The number of benzene rings is 2. The molecule has 1 N–H and O–H groups in total. The van der Waals surface area contributed by atoms with Crippen LogP contribution >= 0.6 is 0 Å². The van der Waals surface area contributed by atoms with Crippen LogP contribution in [0.25, 0.3) is 0 Å². The van der Waals surface area contributed by atoms with E-state index >= 15 is 0 Å². The van der Waals surface area contributed by atoms with Crippen molar-refractivity contribution in [3.8, 4) is 11.5 Å². The molecule has 0 aliphatic heterocycles. The molecule has 0 aliphatic rings. The number of carboxylic acid groups (broad SMARTS) is 1. The second-order valence-electron chi connectivity index (χ2n) is 4.21. The summed E-state index contributed by atoms with van der Waals surface area (Å²) in [5.74, 6) is 0.272. The van der Waals surface area contributed by atoms with Crippen LogP contribution in [-0.2, 0) is 0 Å². The molecule has 0 radical (unpaired) electrons. The maximum absolute atomic E-state index is 10.7. The first-order valence-corrected chi connectivity index (χ1v) is 6.33. The van der Waals surface area contributed by atoms with E-state index < -0.39 is 5.97 Å². The van der Waals surface area contributed by atoms with Gasteiger partial charge >= 0.3 is 5.97 Å². The molecule has 0 heterocycles. The number of ether oxygens (including phenoxy) is 2. The highest BCUT2D eigenvalue weighted by Gasteiger charge is 2.02. The minimum atomic E-state index is -0.969. The highest BCUT2D eigenvalue weighted by molar-refractivity contribution is 5.87. The Balaban J connectivity index is 1.76. The third-order valence-corrected chi connectivity index (χ3v) is 2.74. The van der Waals surface area contributed by atoms with E-state index in [9.17, 15) is 9.59 Å². The zero-order valence-electron chi connectivity index (χ0n) is 11.2. The average Bonchev–Trinajstić information content (AvgIpc) is 2.52. The molecule has 0 saturated carbocycles. The summed E-state index contributed by atoms with van der Waals surface area (Å²) in [6.07, 6.45) is 0.772. The van der Waals surface area contributed by atoms with E-state index in [0.29, 0.717) is 30.3 Å². The summed E-state index contributed by atoms with van der Waals surface area (Å²) in [4.78, 5) is 21.2. The third-order valence-electron chi connectivity index (χ3n) is 2.74. The van der Waals surface area contributed by atoms with Gasteiger partial charge in [0.2, 0.25) is 0 Å². The monoisotopic (exact) mass is 286 g/mol. The van der Waals surface area contributed by atoms with E-state index in [-0.39, 0.29) is 5.56 Å². The Bertz CT molecular complexity index is 602. The Morgan fingerprint density at radius 2 is 1.38 bits per heavy atom. The van der Waals surface area contributed by atoms with Crippen LogP contribution in [-0.4, -0.2) is 30.6 Å². The topological polar surface area (TPSA) is 72.8 Å². The highest BCUT2D eigenvalue weighted by atomic mass is 16.5. The van der Waals surface area contributed by atoms with Crippen molar-refractivity contribution < 1.29 is 24.2 Å². The zero-order chi connectivity index (χ0) is 15.1. The second kappa shape index (κ2) is 7.09. The average molecular weight is 286 g/mol. The van der Waals surface area contributed by atoms with E-state index in [1.807, 2.05) is 0 Å². The number of aromatic carboxylic acids is 1. The first-order chi connectivity index (χ1) is 10.2. The Morgan fingerprint density at radius 3 is 1.81 bits per heavy atom. The van der Waals surface area contributed by atoms with E-state index in [1.54, 1.807) is 36.4 Å². The predicted molar refractivity (Wildman–Crippen MR) is 76.2 cm³/mol. The number of hydrogen-bond acceptors (Lipinski definition) is 4. The van der Waals surface area contributed by atoms with Gasteiger partial charge in [-0.15, -0.1) is 0 Å². The molecule has 2 aromatic rings. The summed E-state index contributed by atoms with van der Waals surface area (Å²) in [5, 5.41) is 8.77. The molecule has 0 aliphatic carbocycles. The van der Waals surface area contributed by atoms with Gasteiger partial charge < -0.3 is 14.6 Å². The van der Waals surface area contributed by atoms with Gasteiger partial charge in [-0.25, -0.2) is 4.79 Å². The van der Waals surface area contributed by atoms with Crippen molar-refractivity contribution in [2.75, 3.05) is 13.2 Å². The highest BCUT2D eigenvalue weighted by Crippen LogP contribution is 2.13. The fraction of sp³-hybridized carbons (Fsp3) is 0.125. The van der Waals surface area contributed by atoms with Gasteiger partial charge in [0.25, 0.3) is 0 Å². The number of hydrogen-bond donors (Lipinski definition) is 1. The second-order valence-corrected chi connectivity index (χ2v) is 4.21. The van der Waals surface area contributed by atoms with Crippen molar-refractivity contribution >= 4 is 12.3 Å². The third kappa shape index (κ3) is 4.35. The van der Waals surface area contributed by atoms with Crippen molar-refractivity contribution in [2.24, 2.45) is 0 Å². The van der Waals surface area contributed by atoms with Gasteiger partial charge in [-0.05, 0) is 48.5 Å². The number of rotatable bonds is 7. The molecule has 0 saturated heterocycles. The largest absolute Gasteiger partial charge is 0.490 e. The molecular formula is C16H14O5. The van der Waals surface area contributed by atoms with Crippen LogP contribution < -0.4 is 9.47 Å². The molecular weight excluding hydrogens is 272 g/mol. The lowest BCUT2D eigenvalue weighted by molar-refractivity contribution is 0.0696. The first kappa shape index (κ1) is 14.6. The van der Waals surface area contributed by atoms with Gasteiger partial charge in [-0.1, -0.05) is 0 Å². The van der Waals surface area contributed by atoms with Gasteiger partial charge in [0.1, 0.15) is 31.0 Å². The fourth-order valence-corrected chi connectivity index (χ4v) is 1.66. The molecule has 0 unspecified atom stereocenters. The van der Waals surface area contributed by atoms with Crippen LogP contribution in [0, 0.1) is 0 Å². The summed E-state index contributed by atoms with van der Waals surface area (Å²) >= 11 is 0. The molecule has 0 fully saturated rings. The van der Waals surface area contributed by atoms with Crippen LogP contribution in [0.1, 0.15) is 20.7 Å². The van der Waals surface area contributed by atoms with Gasteiger partial charge in [0, 0.05) is 5.56 Å². The summed E-state index contributed by atoms with van der Waals surface area (Å²) in [5.41, 5.74) is 0.811. The summed E-state index contributed by atoms with van der Waals surface area (Å²) in [6, 6.07) is 12.9. The van der Waals surface area contributed by atoms with E-state index in [0.717, 1.165) is 6.29 Å². The molecule has 0 bridgehead atoms. The van der Waals surface area contributed by atoms with E-state index in [1.165, 1.54) is 12.1 Å². The molecule has 0 aromatic heterocycles. The number of aldehydes is 1. The predicted octanol–water partition coefficient (Wildman–Crippen LogP) is 2.66. The standard InChI is InChI=1S/C16H14O5/c17-11-12-1-5-14(6-2-12)20-9-10-21-15-7-3-13(4-8-15)16(18)19/h1-8,11H,9-10H2,(H,18,19). The quantitative estimate of drug-likeness (QED) is 0.625. The van der Waals surface area contributed by atoms with Crippen molar-refractivity contribution in [1.29, 1.82) is 0 Å². The van der Waals surface area contributed by atoms with Crippen LogP contribution in [0.5, 0.6) is 11.5 Å². The molecule has 2 rings (SSSR count). The van der Waals surface area contributed by atoms with Crippen LogP contribution in [0.4, 0.5) is 0 Å². The van der Waals surface area contributed by atoms with E-state index in [2.05, 4.69) is 0 Å². The fourth-order valence-electron chi connectivity index (χ4n) is 1.66. The smallest absolute Gasteiger partial charge is 0.335 e. The normalized spacial score (nSPS) is 9.90. The summed E-state index contributed by atoms with van der Waals surface area (Å²) < 4.78 is 10.9. The lowest BCUT2D eigenvalue weighted by atomic mass is 10.2. The van der Waals surface area contributed by atoms with Crippen LogP contribution in [0.2, 0.25) is 0 Å². The van der Waals surface area contributed by atoms with Crippen molar-refractivity contribution in [2.45, 2.75) is 0 Å². The lowest BCUT2D eigenvalue weighted by Crippen LogP contribution is -2.09. The molecule has 5 nitrogen and oxygen atoms in total. The van der Waals surface area contributed by atoms with Crippen molar-refractivity contribution in [1.82, 2.24) is 0 Å². The lowest BCUT2D eigenvalue weighted by Gasteiger charge is -2.08. The minimum absolute atomic E-state index is 0.217. The Morgan fingerprint density at radius 1 is 0.905 bits per heavy atom. The zero-order valence-corrected chi connectivity index (χ0v) is 11.2. The molecule has 0 atom stereocenters. The van der Waals surface area contributed by atoms with Crippen molar-refractivity contribution in [3.05, 3.63) is 59.7 Å². The molecule has 2 aromatic carbocycles. The number of carbonyl (C=O) groups is 2. The number of carboxylic acids is 1. The van der Waals surface area contributed by atoms with Crippen LogP contribution in [0.15, 0.2) is 48.5 Å². The molecule has 0 amide bonds. The van der Waals surface area contributed by atoms with Gasteiger partial charge in [0.15, 0.2) is 0 Å². The maximum atomic E-state index is 10.7. The maximum Gasteiger partial charge on any atom is 0.335 e. The van der Waals surface area contributed by atoms with Crippen LogP contribution in [0.3, 0.4) is 0 Å². The Hall–Kier alpha value is -2.82. The minimum Gasteiger partial charge on any atom is -0.490 e. The Kier molecular flexibility index (Phi) is 4.93. The SMILES string of the molecule is O=Cc1ccc(OCCOc2ccc(C(=O)O)cc2)cc1. The van der Waals surface area contributed by atoms with Gasteiger partial charge in [-0.2, -0.15) is 0 Å².